The minimum Gasteiger partial charge on any atom is -0.326 e. The molecule has 3 atom stereocenters. The van der Waals surface area contributed by atoms with Gasteiger partial charge in [-0.25, -0.2) is 0 Å². The first-order chi connectivity index (χ1) is 9.02. The Labute approximate surface area is 128 Å². The second kappa shape index (κ2) is 6.68. The van der Waals surface area contributed by atoms with Gasteiger partial charge in [-0.2, -0.15) is 0 Å². The summed E-state index contributed by atoms with van der Waals surface area (Å²) in [6.07, 6.45) is 1.01. The minimum atomic E-state index is 0.209. The van der Waals surface area contributed by atoms with Gasteiger partial charge in [0, 0.05) is 36.6 Å². The third kappa shape index (κ3) is 3.58. The van der Waals surface area contributed by atoms with E-state index in [-0.39, 0.29) is 6.04 Å². The van der Waals surface area contributed by atoms with E-state index in [4.69, 9.17) is 5.73 Å². The summed E-state index contributed by atoms with van der Waals surface area (Å²) in [6.45, 7) is 7.81. The smallest absolute Gasteiger partial charge is 0.0702 e. The number of thiophene rings is 1. The van der Waals surface area contributed by atoms with E-state index in [9.17, 15) is 0 Å². The zero-order valence-corrected chi connectivity index (χ0v) is 14.4. The van der Waals surface area contributed by atoms with Crippen molar-refractivity contribution in [2.75, 3.05) is 26.7 Å². The molecule has 1 saturated heterocycles. The Hall–Kier alpha value is 0.0600. The van der Waals surface area contributed by atoms with Gasteiger partial charge in [-0.05, 0) is 48.5 Å². The molecule has 0 amide bonds. The summed E-state index contributed by atoms with van der Waals surface area (Å²) >= 11 is 5.38. The van der Waals surface area contributed by atoms with Crippen LogP contribution in [0.4, 0.5) is 0 Å². The summed E-state index contributed by atoms with van der Waals surface area (Å²) in [4.78, 5) is 6.38. The zero-order valence-electron chi connectivity index (χ0n) is 12.0. The molecule has 0 bridgehead atoms. The van der Waals surface area contributed by atoms with Gasteiger partial charge >= 0.3 is 0 Å². The van der Waals surface area contributed by atoms with Crippen molar-refractivity contribution >= 4 is 27.3 Å². The van der Waals surface area contributed by atoms with Crippen molar-refractivity contribution < 1.29 is 0 Å². The molecule has 1 aromatic heterocycles. The Morgan fingerprint density at radius 2 is 2.21 bits per heavy atom. The molecule has 3 unspecified atom stereocenters. The van der Waals surface area contributed by atoms with E-state index in [1.807, 2.05) is 11.3 Å². The fraction of sp³-hybridized carbons (Fsp3) is 0.714. The van der Waals surface area contributed by atoms with Gasteiger partial charge in [0.2, 0.25) is 0 Å². The number of halogens is 1. The molecule has 1 aromatic rings. The predicted molar refractivity (Wildman–Crippen MR) is 86.7 cm³/mol. The second-order valence-electron chi connectivity index (χ2n) is 5.48. The molecule has 1 aliphatic heterocycles. The predicted octanol–water partition coefficient (Wildman–Crippen LogP) is 2.92. The van der Waals surface area contributed by atoms with Crippen LogP contribution in [0.1, 0.15) is 31.2 Å². The summed E-state index contributed by atoms with van der Waals surface area (Å²) in [5.41, 5.74) is 6.41. The van der Waals surface area contributed by atoms with Crippen molar-refractivity contribution in [3.63, 3.8) is 0 Å². The summed E-state index contributed by atoms with van der Waals surface area (Å²) in [7, 11) is 2.21. The van der Waals surface area contributed by atoms with Gasteiger partial charge in [-0.1, -0.05) is 6.92 Å². The monoisotopic (exact) mass is 345 g/mol. The maximum Gasteiger partial charge on any atom is 0.0702 e. The van der Waals surface area contributed by atoms with Gasteiger partial charge < -0.3 is 10.6 Å². The Bertz CT molecular complexity index is 409. The molecular weight excluding hydrogens is 322 g/mol. The lowest BCUT2D eigenvalue weighted by atomic mass is 10.0. The molecule has 108 valence electrons. The summed E-state index contributed by atoms with van der Waals surface area (Å²) in [5, 5.41) is 0. The summed E-state index contributed by atoms with van der Waals surface area (Å²) in [5.74, 6) is 0. The molecule has 0 saturated carbocycles. The van der Waals surface area contributed by atoms with Crippen LogP contribution in [0.3, 0.4) is 0 Å². The van der Waals surface area contributed by atoms with Crippen LogP contribution in [0, 0.1) is 0 Å². The van der Waals surface area contributed by atoms with Crippen molar-refractivity contribution in [2.24, 2.45) is 5.73 Å². The van der Waals surface area contributed by atoms with Crippen LogP contribution in [-0.2, 0) is 0 Å². The van der Waals surface area contributed by atoms with Crippen LogP contribution in [-0.4, -0.2) is 48.6 Å². The molecule has 3 nitrogen and oxygen atoms in total. The first-order valence-electron chi connectivity index (χ1n) is 6.98. The molecule has 2 N–H and O–H groups in total. The quantitative estimate of drug-likeness (QED) is 0.910. The highest BCUT2D eigenvalue weighted by Crippen LogP contribution is 2.34. The number of hydrogen-bond acceptors (Lipinski definition) is 4. The van der Waals surface area contributed by atoms with Crippen LogP contribution in [0.15, 0.2) is 15.9 Å². The number of likely N-dealkylation sites (N-methyl/N-ethyl adjacent to an activating group) is 1. The maximum absolute atomic E-state index is 6.41. The average Bonchev–Trinajstić information content (AvgIpc) is 2.80. The standard InChI is InChI=1S/C14H24BrN3S/c1-4-11(16)14(12-5-6-13(15)19-12)18-8-7-17(3)10(2)9-18/h5-6,10-11,14H,4,7-9,16H2,1-3H3. The van der Waals surface area contributed by atoms with E-state index in [0.29, 0.717) is 12.1 Å². The van der Waals surface area contributed by atoms with E-state index in [1.54, 1.807) is 0 Å². The van der Waals surface area contributed by atoms with Gasteiger partial charge in [0.25, 0.3) is 0 Å². The number of hydrogen-bond donors (Lipinski definition) is 1. The van der Waals surface area contributed by atoms with Crippen LogP contribution in [0.2, 0.25) is 0 Å². The molecule has 5 heteroatoms. The fourth-order valence-electron chi connectivity index (χ4n) is 2.70. The van der Waals surface area contributed by atoms with Crippen molar-refractivity contribution in [3.8, 4) is 0 Å². The van der Waals surface area contributed by atoms with E-state index in [1.165, 1.54) is 8.66 Å². The Balaban J connectivity index is 2.18. The van der Waals surface area contributed by atoms with E-state index in [2.05, 4.69) is 58.8 Å². The molecule has 2 rings (SSSR count). The molecule has 1 fully saturated rings. The molecule has 2 heterocycles. The number of nitrogens with zero attached hydrogens (tertiary/aromatic N) is 2. The lowest BCUT2D eigenvalue weighted by Crippen LogP contribution is -2.53. The van der Waals surface area contributed by atoms with Crippen molar-refractivity contribution in [1.29, 1.82) is 0 Å². The lowest BCUT2D eigenvalue weighted by Gasteiger charge is -2.43. The molecule has 0 spiro atoms. The van der Waals surface area contributed by atoms with Gasteiger partial charge in [0.15, 0.2) is 0 Å². The molecular formula is C14H24BrN3S. The van der Waals surface area contributed by atoms with Crippen molar-refractivity contribution in [2.45, 2.75) is 38.4 Å². The largest absolute Gasteiger partial charge is 0.326 e. The third-order valence-corrected chi connectivity index (χ3v) is 5.84. The second-order valence-corrected chi connectivity index (χ2v) is 7.98. The van der Waals surface area contributed by atoms with Crippen LogP contribution in [0.5, 0.6) is 0 Å². The highest BCUT2D eigenvalue weighted by molar-refractivity contribution is 9.11. The zero-order chi connectivity index (χ0) is 14.0. The molecule has 0 radical (unpaired) electrons. The van der Waals surface area contributed by atoms with Gasteiger partial charge in [-0.3, -0.25) is 4.90 Å². The number of nitrogens with two attached hydrogens (primary N) is 1. The van der Waals surface area contributed by atoms with E-state index < -0.39 is 0 Å². The van der Waals surface area contributed by atoms with Crippen LogP contribution < -0.4 is 5.73 Å². The first kappa shape index (κ1) is 15.4. The van der Waals surface area contributed by atoms with Crippen LogP contribution >= 0.6 is 27.3 Å². The maximum atomic E-state index is 6.41. The fourth-order valence-corrected chi connectivity index (χ4v) is 4.34. The van der Waals surface area contributed by atoms with Crippen LogP contribution in [0.25, 0.3) is 0 Å². The topological polar surface area (TPSA) is 32.5 Å². The summed E-state index contributed by atoms with van der Waals surface area (Å²) < 4.78 is 1.19. The molecule has 19 heavy (non-hydrogen) atoms. The minimum absolute atomic E-state index is 0.209. The Kier molecular flexibility index (Phi) is 5.43. The Morgan fingerprint density at radius 3 is 2.74 bits per heavy atom. The van der Waals surface area contributed by atoms with Gasteiger partial charge in [0.1, 0.15) is 0 Å². The molecule has 0 aromatic carbocycles. The third-order valence-electron chi connectivity index (χ3n) is 4.15. The highest BCUT2D eigenvalue weighted by Gasteiger charge is 2.31. The summed E-state index contributed by atoms with van der Waals surface area (Å²) in [6, 6.07) is 5.52. The average molecular weight is 346 g/mol. The van der Waals surface area contributed by atoms with Crippen molar-refractivity contribution in [1.82, 2.24) is 9.80 Å². The Morgan fingerprint density at radius 1 is 1.47 bits per heavy atom. The van der Waals surface area contributed by atoms with Gasteiger partial charge in [0.05, 0.1) is 9.83 Å². The van der Waals surface area contributed by atoms with Crippen molar-refractivity contribution in [3.05, 3.63) is 20.8 Å². The van der Waals surface area contributed by atoms with E-state index >= 15 is 0 Å². The normalized spacial score (nSPS) is 25.4. The SMILES string of the molecule is CCC(N)C(c1ccc(Br)s1)N1CCN(C)C(C)C1. The first-order valence-corrected chi connectivity index (χ1v) is 8.59. The lowest BCUT2D eigenvalue weighted by molar-refractivity contribution is 0.0624. The van der Waals surface area contributed by atoms with Gasteiger partial charge in [-0.15, -0.1) is 11.3 Å². The highest BCUT2D eigenvalue weighted by atomic mass is 79.9. The number of piperazine rings is 1. The molecule has 1 aliphatic rings. The number of rotatable bonds is 4. The molecule has 0 aliphatic carbocycles. The van der Waals surface area contributed by atoms with E-state index in [0.717, 1.165) is 26.1 Å².